The van der Waals surface area contributed by atoms with Crippen LogP contribution in [0.25, 0.3) is 0 Å². The van der Waals surface area contributed by atoms with Gasteiger partial charge in [0.1, 0.15) is 11.9 Å². The minimum atomic E-state index is -0.143. The van der Waals surface area contributed by atoms with Crippen molar-refractivity contribution in [1.82, 2.24) is 5.32 Å². The van der Waals surface area contributed by atoms with Gasteiger partial charge in [0.25, 0.3) is 0 Å². The average molecular weight is 438 g/mol. The van der Waals surface area contributed by atoms with Gasteiger partial charge in [-0.05, 0) is 74.7 Å². The number of carbonyl (C=O) groups is 1. The molecule has 1 saturated heterocycles. The Balaban J connectivity index is 0.00000218. The number of fused-ring (bicyclic) bond motifs is 5. The highest BCUT2D eigenvalue weighted by Gasteiger charge is 2.61. The third kappa shape index (κ3) is 3.29. The van der Waals surface area contributed by atoms with Crippen molar-refractivity contribution in [2.75, 3.05) is 13.1 Å². The lowest BCUT2D eigenvalue weighted by Gasteiger charge is -2.59. The number of rotatable bonds is 2. The van der Waals surface area contributed by atoms with Crippen LogP contribution in [0.4, 0.5) is 0 Å². The maximum Gasteiger partial charge on any atom is 0.141 e. The zero-order valence-corrected chi connectivity index (χ0v) is 19.0. The van der Waals surface area contributed by atoms with E-state index in [1.165, 1.54) is 0 Å². The maximum absolute atomic E-state index is 12.6. The van der Waals surface area contributed by atoms with Gasteiger partial charge in [0.2, 0.25) is 0 Å². The van der Waals surface area contributed by atoms with Gasteiger partial charge in [0.15, 0.2) is 0 Å². The standard InChI is InChI=1S/C23H35N3O3.ClH/c1-22-8-5-14(26-29-15-7-10-24-13-15)11-19(22)20(25-28)12-16-17-3-4-21(27)23(17,2)9-6-18(16)22;/h15-19,24,28H,3-13H2,1-2H3;1H/b25-20+,26-14+;/t15-,16+,17+,18+,19-,22-,23+;/m1./s1. The number of hydrogen-bond donors (Lipinski definition) is 2. The molecule has 0 aromatic heterocycles. The maximum atomic E-state index is 12.6. The summed E-state index contributed by atoms with van der Waals surface area (Å²) in [4.78, 5) is 18.4. The van der Waals surface area contributed by atoms with Crippen LogP contribution in [0, 0.1) is 34.5 Å². The van der Waals surface area contributed by atoms with E-state index >= 15 is 0 Å². The van der Waals surface area contributed by atoms with Crippen molar-refractivity contribution in [2.24, 2.45) is 44.8 Å². The Bertz CT molecular complexity index is 750. The molecule has 1 aliphatic heterocycles. The largest absolute Gasteiger partial charge is 0.411 e. The lowest BCUT2D eigenvalue weighted by Crippen LogP contribution is -2.56. The Morgan fingerprint density at radius 1 is 1.10 bits per heavy atom. The highest BCUT2D eigenvalue weighted by atomic mass is 35.5. The molecular formula is C23H36ClN3O3. The first-order chi connectivity index (χ1) is 14.0. The Morgan fingerprint density at radius 2 is 1.93 bits per heavy atom. The molecule has 0 amide bonds. The topological polar surface area (TPSA) is 83.3 Å². The third-order valence-corrected chi connectivity index (χ3v) is 9.50. The molecule has 0 unspecified atom stereocenters. The van der Waals surface area contributed by atoms with Crippen LogP contribution < -0.4 is 5.32 Å². The van der Waals surface area contributed by atoms with Crippen LogP contribution in [-0.4, -0.2) is 41.6 Å². The number of halogens is 1. The van der Waals surface area contributed by atoms with Gasteiger partial charge in [-0.1, -0.05) is 24.2 Å². The minimum Gasteiger partial charge on any atom is -0.411 e. The molecule has 0 aromatic rings. The van der Waals surface area contributed by atoms with Crippen molar-refractivity contribution < 1.29 is 14.8 Å². The summed E-state index contributed by atoms with van der Waals surface area (Å²) >= 11 is 0. The highest BCUT2D eigenvalue weighted by Crippen LogP contribution is 2.64. The number of ketones is 1. The third-order valence-electron chi connectivity index (χ3n) is 9.50. The highest BCUT2D eigenvalue weighted by molar-refractivity contribution is 5.96. The molecule has 6 nitrogen and oxygen atoms in total. The SMILES string of the molecule is C[C@]12CC/C(=N\O[C@@H]3CCNC3)C[C@@H]1/C(=N/O)C[C@@H]1[C@@H]2CC[C@]2(C)C(=O)CC[C@@H]12.Cl. The Hall–Kier alpha value is -1.14. The van der Waals surface area contributed by atoms with E-state index in [1.807, 2.05) is 0 Å². The van der Waals surface area contributed by atoms with E-state index in [2.05, 4.69) is 29.5 Å². The van der Waals surface area contributed by atoms with E-state index < -0.39 is 0 Å². The zero-order valence-electron chi connectivity index (χ0n) is 18.2. The first kappa shape index (κ1) is 22.1. The van der Waals surface area contributed by atoms with Gasteiger partial charge in [-0.3, -0.25) is 4.79 Å². The van der Waals surface area contributed by atoms with Crippen LogP contribution in [0.2, 0.25) is 0 Å². The molecular weight excluding hydrogens is 402 g/mol. The Labute approximate surface area is 185 Å². The lowest BCUT2D eigenvalue weighted by atomic mass is 9.45. The molecule has 0 spiro atoms. The lowest BCUT2D eigenvalue weighted by molar-refractivity contribution is -0.133. The summed E-state index contributed by atoms with van der Waals surface area (Å²) in [6.45, 7) is 6.50. The van der Waals surface area contributed by atoms with Crippen molar-refractivity contribution in [3.8, 4) is 0 Å². The fourth-order valence-electron chi connectivity index (χ4n) is 7.71. The molecule has 2 N–H and O–H groups in total. The van der Waals surface area contributed by atoms with Crippen LogP contribution in [0.1, 0.15) is 71.6 Å². The van der Waals surface area contributed by atoms with Crippen molar-refractivity contribution in [2.45, 2.75) is 77.7 Å². The van der Waals surface area contributed by atoms with Crippen molar-refractivity contribution in [3.63, 3.8) is 0 Å². The van der Waals surface area contributed by atoms with E-state index in [0.29, 0.717) is 23.5 Å². The molecule has 5 fully saturated rings. The monoisotopic (exact) mass is 437 g/mol. The predicted octanol–water partition coefficient (Wildman–Crippen LogP) is 4.19. The predicted molar refractivity (Wildman–Crippen MR) is 118 cm³/mol. The summed E-state index contributed by atoms with van der Waals surface area (Å²) in [5.41, 5.74) is 2.05. The summed E-state index contributed by atoms with van der Waals surface area (Å²) in [5, 5.41) is 21.6. The van der Waals surface area contributed by atoms with Crippen molar-refractivity contribution in [3.05, 3.63) is 0 Å². The van der Waals surface area contributed by atoms with Crippen LogP contribution >= 0.6 is 12.4 Å². The van der Waals surface area contributed by atoms with Gasteiger partial charge >= 0.3 is 0 Å². The molecule has 7 atom stereocenters. The molecule has 5 aliphatic rings. The summed E-state index contributed by atoms with van der Waals surface area (Å²) < 4.78 is 0. The molecule has 0 bridgehead atoms. The van der Waals surface area contributed by atoms with Gasteiger partial charge in [0, 0.05) is 30.7 Å². The molecule has 5 rings (SSSR count). The summed E-state index contributed by atoms with van der Waals surface area (Å²) in [6, 6.07) is 0. The van der Waals surface area contributed by atoms with E-state index in [9.17, 15) is 10.0 Å². The second-order valence-electron chi connectivity index (χ2n) is 10.7. The van der Waals surface area contributed by atoms with Crippen LogP contribution in [0.15, 0.2) is 10.3 Å². The fraction of sp³-hybridized carbons (Fsp3) is 0.870. The smallest absolute Gasteiger partial charge is 0.141 e. The van der Waals surface area contributed by atoms with Crippen LogP contribution in [-0.2, 0) is 9.63 Å². The van der Waals surface area contributed by atoms with Crippen LogP contribution in [0.3, 0.4) is 0 Å². The zero-order chi connectivity index (χ0) is 20.2. The first-order valence-electron chi connectivity index (χ1n) is 11.6. The summed E-state index contributed by atoms with van der Waals surface area (Å²) in [5.74, 6) is 2.26. The van der Waals surface area contributed by atoms with Gasteiger partial charge in [-0.15, -0.1) is 12.4 Å². The van der Waals surface area contributed by atoms with Gasteiger partial charge in [0.05, 0.1) is 11.4 Å². The fourth-order valence-corrected chi connectivity index (χ4v) is 7.71. The number of nitrogens with one attached hydrogen (secondary N) is 1. The molecule has 1 heterocycles. The number of nitrogens with zero attached hydrogens (tertiary/aromatic N) is 2. The molecule has 4 aliphatic carbocycles. The Morgan fingerprint density at radius 3 is 2.67 bits per heavy atom. The molecule has 0 radical (unpaired) electrons. The molecule has 7 heteroatoms. The minimum absolute atomic E-state index is 0. The molecule has 0 aromatic carbocycles. The molecule has 4 saturated carbocycles. The van der Waals surface area contributed by atoms with Crippen LogP contribution in [0.5, 0.6) is 0 Å². The Kier molecular flexibility index (Phi) is 5.95. The number of oxime groups is 2. The van der Waals surface area contributed by atoms with Crippen molar-refractivity contribution >= 4 is 29.6 Å². The van der Waals surface area contributed by atoms with E-state index in [0.717, 1.165) is 82.3 Å². The quantitative estimate of drug-likeness (QED) is 0.501. The second kappa shape index (κ2) is 8.09. The summed E-state index contributed by atoms with van der Waals surface area (Å²) in [7, 11) is 0. The normalized spacial score (nSPS) is 48.1. The van der Waals surface area contributed by atoms with E-state index in [-0.39, 0.29) is 35.3 Å². The number of Topliss-reactive ketones (excluding diaryl/α,β-unsaturated/α-hetero) is 1. The van der Waals surface area contributed by atoms with Gasteiger partial charge < -0.3 is 15.4 Å². The molecule has 168 valence electrons. The second-order valence-corrected chi connectivity index (χ2v) is 10.7. The summed E-state index contributed by atoms with van der Waals surface area (Å²) in [6.07, 6.45) is 8.85. The van der Waals surface area contributed by atoms with E-state index in [4.69, 9.17) is 4.84 Å². The van der Waals surface area contributed by atoms with Crippen molar-refractivity contribution in [1.29, 1.82) is 0 Å². The number of carbonyl (C=O) groups excluding carboxylic acids is 1. The van der Waals surface area contributed by atoms with E-state index in [1.54, 1.807) is 0 Å². The van der Waals surface area contributed by atoms with Gasteiger partial charge in [-0.25, -0.2) is 0 Å². The van der Waals surface area contributed by atoms with Gasteiger partial charge in [-0.2, -0.15) is 0 Å². The molecule has 30 heavy (non-hydrogen) atoms. The number of hydrogen-bond acceptors (Lipinski definition) is 6. The first-order valence-corrected chi connectivity index (χ1v) is 11.6. The average Bonchev–Trinajstić information content (AvgIpc) is 3.34.